The Morgan fingerprint density at radius 2 is 1.86 bits per heavy atom. The maximum absolute atomic E-state index is 11.5. The van der Waals surface area contributed by atoms with E-state index in [1.54, 1.807) is 0 Å². The highest BCUT2D eigenvalue weighted by Gasteiger charge is 2.38. The van der Waals surface area contributed by atoms with Gasteiger partial charge in [-0.3, -0.25) is 24.7 Å². The van der Waals surface area contributed by atoms with Crippen LogP contribution in [-0.4, -0.2) is 60.4 Å². The number of carbonyl (C=O) groups is 2. The van der Waals surface area contributed by atoms with Crippen molar-refractivity contribution in [3.05, 3.63) is 0 Å². The number of piperazine rings is 1. The van der Waals surface area contributed by atoms with Crippen LogP contribution in [0.25, 0.3) is 0 Å². The van der Waals surface area contributed by atoms with Gasteiger partial charge in [0.1, 0.15) is 0 Å². The lowest BCUT2D eigenvalue weighted by atomic mass is 10.1. The van der Waals surface area contributed by atoms with Crippen LogP contribution in [0.4, 0.5) is 0 Å². The Morgan fingerprint density at radius 3 is 2.36 bits per heavy atom. The minimum absolute atomic E-state index is 0.0815. The maximum Gasteiger partial charge on any atom is 0.243 e. The van der Waals surface area contributed by atoms with Gasteiger partial charge < -0.3 is 0 Å². The summed E-state index contributed by atoms with van der Waals surface area (Å²) in [6.07, 6.45) is 0. The van der Waals surface area contributed by atoms with Crippen LogP contribution >= 0.6 is 0 Å². The Kier molecular flexibility index (Phi) is 2.52. The second-order valence-electron chi connectivity index (χ2n) is 3.77. The highest BCUT2D eigenvalue weighted by Crippen LogP contribution is 2.15. The van der Waals surface area contributed by atoms with Crippen molar-refractivity contribution in [3.8, 4) is 0 Å². The van der Waals surface area contributed by atoms with E-state index in [-0.39, 0.29) is 17.9 Å². The fourth-order valence-electron chi connectivity index (χ4n) is 1.96. The van der Waals surface area contributed by atoms with Gasteiger partial charge in [-0.1, -0.05) is 6.92 Å². The highest BCUT2D eigenvalue weighted by molar-refractivity contribution is 5.99. The van der Waals surface area contributed by atoms with E-state index in [1.165, 1.54) is 4.90 Å². The van der Waals surface area contributed by atoms with Crippen LogP contribution in [0.2, 0.25) is 0 Å². The molecule has 0 spiro atoms. The number of amides is 2. The average Bonchev–Trinajstić information content (AvgIpc) is 2.08. The molecule has 5 heteroatoms. The largest absolute Gasteiger partial charge is 0.300 e. The van der Waals surface area contributed by atoms with E-state index in [4.69, 9.17) is 0 Å². The topological polar surface area (TPSA) is 52.6 Å². The molecule has 0 bridgehead atoms. The van der Waals surface area contributed by atoms with Crippen molar-refractivity contribution in [1.82, 2.24) is 15.1 Å². The third-order valence-corrected chi connectivity index (χ3v) is 2.84. The molecule has 0 aromatic carbocycles. The van der Waals surface area contributed by atoms with Gasteiger partial charge in [0.25, 0.3) is 0 Å². The molecule has 0 saturated carbocycles. The zero-order chi connectivity index (χ0) is 10.1. The minimum Gasteiger partial charge on any atom is -0.300 e. The second kappa shape index (κ2) is 3.67. The first-order chi connectivity index (χ1) is 6.72. The molecule has 14 heavy (non-hydrogen) atoms. The van der Waals surface area contributed by atoms with Crippen molar-refractivity contribution >= 4 is 11.8 Å². The molecular formula is C9H15N3O2. The lowest BCUT2D eigenvalue weighted by Gasteiger charge is -2.45. The molecule has 78 valence electrons. The molecule has 0 unspecified atom stereocenters. The van der Waals surface area contributed by atoms with Gasteiger partial charge in [0.15, 0.2) is 0 Å². The van der Waals surface area contributed by atoms with Crippen molar-refractivity contribution in [2.75, 3.05) is 32.7 Å². The number of hydrogen-bond donors (Lipinski definition) is 1. The van der Waals surface area contributed by atoms with E-state index < -0.39 is 0 Å². The Bertz CT molecular complexity index is 245. The molecule has 0 atom stereocenters. The van der Waals surface area contributed by atoms with Crippen molar-refractivity contribution in [2.45, 2.75) is 13.0 Å². The number of hydrogen-bond acceptors (Lipinski definition) is 4. The minimum atomic E-state index is -0.0815. The van der Waals surface area contributed by atoms with Crippen molar-refractivity contribution in [1.29, 1.82) is 0 Å². The van der Waals surface area contributed by atoms with E-state index in [9.17, 15) is 9.59 Å². The third-order valence-electron chi connectivity index (χ3n) is 2.84. The summed E-state index contributed by atoms with van der Waals surface area (Å²) in [6.45, 7) is 5.35. The Hall–Kier alpha value is -0.940. The van der Waals surface area contributed by atoms with E-state index >= 15 is 0 Å². The van der Waals surface area contributed by atoms with Crippen LogP contribution in [0, 0.1) is 0 Å². The summed E-state index contributed by atoms with van der Waals surface area (Å²) in [5.74, 6) is -0.163. The van der Waals surface area contributed by atoms with Crippen LogP contribution in [0.5, 0.6) is 0 Å². The van der Waals surface area contributed by atoms with Crippen LogP contribution in [0.15, 0.2) is 0 Å². The fraction of sp³-hybridized carbons (Fsp3) is 0.778. The molecule has 0 aliphatic carbocycles. The summed E-state index contributed by atoms with van der Waals surface area (Å²) in [6, 6.07) is 0.122. The van der Waals surface area contributed by atoms with Crippen LogP contribution in [-0.2, 0) is 9.59 Å². The molecule has 0 radical (unpaired) electrons. The van der Waals surface area contributed by atoms with E-state index in [1.807, 2.05) is 0 Å². The lowest BCUT2D eigenvalue weighted by Crippen LogP contribution is -2.66. The van der Waals surface area contributed by atoms with Crippen molar-refractivity contribution < 1.29 is 9.59 Å². The highest BCUT2D eigenvalue weighted by atomic mass is 16.2. The van der Waals surface area contributed by atoms with Crippen molar-refractivity contribution in [3.63, 3.8) is 0 Å². The van der Waals surface area contributed by atoms with E-state index in [0.717, 1.165) is 19.6 Å². The zero-order valence-corrected chi connectivity index (χ0v) is 8.32. The van der Waals surface area contributed by atoms with Gasteiger partial charge in [0.05, 0.1) is 19.1 Å². The van der Waals surface area contributed by atoms with E-state index in [0.29, 0.717) is 13.1 Å². The summed E-state index contributed by atoms with van der Waals surface area (Å²) in [5.41, 5.74) is 0. The molecule has 2 saturated heterocycles. The van der Waals surface area contributed by atoms with Gasteiger partial charge in [-0.2, -0.15) is 0 Å². The summed E-state index contributed by atoms with van der Waals surface area (Å²) >= 11 is 0. The number of likely N-dealkylation sites (tertiary alicyclic amines) is 1. The Labute approximate surface area is 83.0 Å². The summed E-state index contributed by atoms with van der Waals surface area (Å²) in [5, 5.41) is 2.79. The van der Waals surface area contributed by atoms with Gasteiger partial charge in [-0.25, -0.2) is 0 Å². The van der Waals surface area contributed by atoms with Gasteiger partial charge in [0.2, 0.25) is 11.8 Å². The summed E-state index contributed by atoms with van der Waals surface area (Å²) in [4.78, 5) is 26.6. The fourth-order valence-corrected chi connectivity index (χ4v) is 1.96. The first-order valence-corrected chi connectivity index (χ1v) is 5.00. The molecular weight excluding hydrogens is 182 g/mol. The average molecular weight is 197 g/mol. The molecule has 2 heterocycles. The van der Waals surface area contributed by atoms with Gasteiger partial charge in [-0.15, -0.1) is 0 Å². The quantitative estimate of drug-likeness (QED) is 0.556. The molecule has 0 aromatic rings. The van der Waals surface area contributed by atoms with Crippen LogP contribution < -0.4 is 5.32 Å². The monoisotopic (exact) mass is 197 g/mol. The summed E-state index contributed by atoms with van der Waals surface area (Å²) < 4.78 is 0. The maximum atomic E-state index is 11.5. The Balaban J connectivity index is 1.96. The molecule has 2 aliphatic rings. The molecule has 2 aliphatic heterocycles. The Morgan fingerprint density at radius 1 is 1.29 bits per heavy atom. The van der Waals surface area contributed by atoms with Gasteiger partial charge in [-0.05, 0) is 6.54 Å². The first kappa shape index (κ1) is 9.61. The van der Waals surface area contributed by atoms with Gasteiger partial charge >= 0.3 is 0 Å². The third kappa shape index (κ3) is 1.53. The van der Waals surface area contributed by atoms with Crippen LogP contribution in [0.3, 0.4) is 0 Å². The predicted molar refractivity (Wildman–Crippen MR) is 50.6 cm³/mol. The summed E-state index contributed by atoms with van der Waals surface area (Å²) in [7, 11) is 0. The molecule has 0 aromatic heterocycles. The molecule has 2 rings (SSSR count). The normalized spacial score (nSPS) is 25.4. The molecule has 2 fully saturated rings. The number of nitrogens with one attached hydrogen (secondary N) is 1. The second-order valence-corrected chi connectivity index (χ2v) is 3.77. The van der Waals surface area contributed by atoms with E-state index in [2.05, 4.69) is 17.1 Å². The number of likely N-dealkylation sites (N-methyl/N-ethyl adjacent to an activating group) is 1. The zero-order valence-electron chi connectivity index (χ0n) is 8.32. The molecule has 1 N–H and O–H groups in total. The number of imide groups is 1. The van der Waals surface area contributed by atoms with Gasteiger partial charge in [0, 0.05) is 13.1 Å². The lowest BCUT2D eigenvalue weighted by molar-refractivity contribution is -0.153. The smallest absolute Gasteiger partial charge is 0.243 e. The molecule has 5 nitrogen and oxygen atoms in total. The van der Waals surface area contributed by atoms with Crippen LogP contribution in [0.1, 0.15) is 6.92 Å². The number of nitrogens with zero attached hydrogens (tertiary/aromatic N) is 2. The number of rotatable bonds is 2. The SMILES string of the molecule is CCN1CC(N2C(=O)CNCC2=O)C1. The van der Waals surface area contributed by atoms with Crippen molar-refractivity contribution in [2.24, 2.45) is 0 Å². The standard InChI is InChI=1S/C9H15N3O2/c1-2-11-5-7(6-11)12-8(13)3-10-4-9(12)14/h7,10H,2-6H2,1H3. The predicted octanol–water partition coefficient (Wildman–Crippen LogP) is -1.35. The number of carbonyl (C=O) groups excluding carboxylic acids is 2. The molecule has 2 amide bonds. The first-order valence-electron chi connectivity index (χ1n) is 5.00.